The molecule has 0 saturated carbocycles. The molecule has 2 aromatic carbocycles. The van der Waals surface area contributed by atoms with Crippen LogP contribution >= 0.6 is 0 Å². The molecule has 2 aromatic rings. The van der Waals surface area contributed by atoms with Crippen LogP contribution in [0.1, 0.15) is 42.9 Å². The van der Waals surface area contributed by atoms with E-state index in [-0.39, 0.29) is 5.92 Å². The van der Waals surface area contributed by atoms with Crippen LogP contribution in [0.15, 0.2) is 48.5 Å². The van der Waals surface area contributed by atoms with Crippen LogP contribution in [0.2, 0.25) is 0 Å². The van der Waals surface area contributed by atoms with Gasteiger partial charge in [0.2, 0.25) is 0 Å². The van der Waals surface area contributed by atoms with Crippen LogP contribution in [-0.4, -0.2) is 11.1 Å². The van der Waals surface area contributed by atoms with Gasteiger partial charge in [0.05, 0.1) is 5.92 Å². The van der Waals surface area contributed by atoms with E-state index >= 15 is 0 Å². The van der Waals surface area contributed by atoms with E-state index < -0.39 is 5.97 Å². The van der Waals surface area contributed by atoms with Crippen molar-refractivity contribution in [1.82, 2.24) is 0 Å². The second kappa shape index (κ2) is 9.11. The van der Waals surface area contributed by atoms with Crippen molar-refractivity contribution in [2.75, 3.05) is 0 Å². The van der Waals surface area contributed by atoms with Crippen LogP contribution < -0.4 is 4.74 Å². The van der Waals surface area contributed by atoms with Crippen molar-refractivity contribution in [2.45, 2.75) is 46.1 Å². The Bertz CT molecular complexity index is 649. The molecule has 0 saturated heterocycles. The number of carboxylic acid groups (broad SMARTS) is 1. The van der Waals surface area contributed by atoms with Gasteiger partial charge >= 0.3 is 5.97 Å². The van der Waals surface area contributed by atoms with Gasteiger partial charge in [-0.2, -0.15) is 0 Å². The van der Waals surface area contributed by atoms with Gasteiger partial charge < -0.3 is 9.84 Å². The molecule has 0 bridgehead atoms. The summed E-state index contributed by atoms with van der Waals surface area (Å²) < 4.78 is 5.95. The number of carboxylic acids is 1. The van der Waals surface area contributed by atoms with Crippen molar-refractivity contribution in [2.24, 2.45) is 5.92 Å². The average Bonchev–Trinajstić information content (AvgIpc) is 2.59. The van der Waals surface area contributed by atoms with E-state index in [9.17, 15) is 9.90 Å². The van der Waals surface area contributed by atoms with Crippen LogP contribution in [0.3, 0.4) is 0 Å². The predicted octanol–water partition coefficient (Wildman–Crippen LogP) is 5.01. The fourth-order valence-electron chi connectivity index (χ4n) is 2.77. The maximum Gasteiger partial charge on any atom is 0.306 e. The minimum atomic E-state index is -0.690. The normalized spacial score (nSPS) is 11.9. The highest BCUT2D eigenvalue weighted by atomic mass is 16.5. The van der Waals surface area contributed by atoms with Gasteiger partial charge in [-0.15, -0.1) is 0 Å². The molecule has 0 fully saturated rings. The highest BCUT2D eigenvalue weighted by molar-refractivity contribution is 5.69. The maximum absolute atomic E-state index is 11.3. The SMILES string of the molecule is CCC[C@H](CCc1ccc(C)c(OCc2ccccc2)c1)C(=O)O. The third kappa shape index (κ3) is 5.41. The van der Waals surface area contributed by atoms with Gasteiger partial charge in [0, 0.05) is 0 Å². The molecule has 0 aromatic heterocycles. The summed E-state index contributed by atoms with van der Waals surface area (Å²) in [5, 5.41) is 9.27. The highest BCUT2D eigenvalue weighted by Gasteiger charge is 2.16. The minimum absolute atomic E-state index is 0.259. The first kappa shape index (κ1) is 18.1. The Balaban J connectivity index is 1.98. The lowest BCUT2D eigenvalue weighted by atomic mass is 9.95. The van der Waals surface area contributed by atoms with Crippen molar-refractivity contribution < 1.29 is 14.6 Å². The molecule has 0 radical (unpaired) electrons. The Labute approximate surface area is 144 Å². The maximum atomic E-state index is 11.3. The lowest BCUT2D eigenvalue weighted by Gasteiger charge is -2.13. The Morgan fingerprint density at radius 3 is 2.50 bits per heavy atom. The summed E-state index contributed by atoms with van der Waals surface area (Å²) in [4.78, 5) is 11.3. The standard InChI is InChI=1S/C21H26O3/c1-3-7-19(21(22)23)13-12-17-11-10-16(2)20(14-17)24-15-18-8-5-4-6-9-18/h4-6,8-11,14,19H,3,7,12-13,15H2,1-2H3,(H,22,23)/t19-/m1/s1. The first-order chi connectivity index (χ1) is 11.6. The molecule has 3 nitrogen and oxygen atoms in total. The van der Waals surface area contributed by atoms with Gasteiger partial charge in [-0.3, -0.25) is 4.79 Å². The number of rotatable bonds is 9. The van der Waals surface area contributed by atoms with Crippen molar-refractivity contribution in [3.63, 3.8) is 0 Å². The fraction of sp³-hybridized carbons (Fsp3) is 0.381. The number of benzene rings is 2. The molecule has 24 heavy (non-hydrogen) atoms. The summed E-state index contributed by atoms with van der Waals surface area (Å²) in [5.41, 5.74) is 3.36. The Morgan fingerprint density at radius 2 is 1.83 bits per heavy atom. The number of hydrogen-bond acceptors (Lipinski definition) is 2. The fourth-order valence-corrected chi connectivity index (χ4v) is 2.77. The second-order valence-electron chi connectivity index (χ2n) is 6.24. The van der Waals surface area contributed by atoms with E-state index in [1.807, 2.05) is 56.3 Å². The molecule has 2 rings (SSSR count). The molecule has 0 amide bonds. The molecular weight excluding hydrogens is 300 g/mol. The molecule has 128 valence electrons. The zero-order chi connectivity index (χ0) is 17.4. The van der Waals surface area contributed by atoms with Crippen molar-refractivity contribution >= 4 is 5.97 Å². The molecule has 1 atom stereocenters. The second-order valence-corrected chi connectivity index (χ2v) is 6.24. The molecular formula is C21H26O3. The summed E-state index contributed by atoms with van der Waals surface area (Å²) in [5.74, 6) is -0.0757. The molecule has 1 N–H and O–H groups in total. The Morgan fingerprint density at radius 1 is 1.08 bits per heavy atom. The lowest BCUT2D eigenvalue weighted by molar-refractivity contribution is -0.142. The monoisotopic (exact) mass is 326 g/mol. The van der Waals surface area contributed by atoms with Crippen LogP contribution in [0.25, 0.3) is 0 Å². The molecule has 0 aliphatic carbocycles. The number of ether oxygens (including phenoxy) is 1. The number of carbonyl (C=O) groups is 1. The van der Waals surface area contributed by atoms with Crippen molar-refractivity contribution in [3.8, 4) is 5.75 Å². The highest BCUT2D eigenvalue weighted by Crippen LogP contribution is 2.23. The smallest absolute Gasteiger partial charge is 0.306 e. The molecule has 0 heterocycles. The lowest BCUT2D eigenvalue weighted by Crippen LogP contribution is -2.14. The van der Waals surface area contributed by atoms with E-state index in [1.165, 1.54) is 0 Å². The summed E-state index contributed by atoms with van der Waals surface area (Å²) in [6.07, 6.45) is 3.07. The summed E-state index contributed by atoms with van der Waals surface area (Å²) >= 11 is 0. The van der Waals surface area contributed by atoms with Gasteiger partial charge in [-0.25, -0.2) is 0 Å². The Kier molecular flexibility index (Phi) is 6.86. The Hall–Kier alpha value is -2.29. The average molecular weight is 326 g/mol. The van der Waals surface area contributed by atoms with Gasteiger partial charge in [0.15, 0.2) is 0 Å². The topological polar surface area (TPSA) is 46.5 Å². The molecule has 3 heteroatoms. The minimum Gasteiger partial charge on any atom is -0.489 e. The van der Waals surface area contributed by atoms with Crippen LogP contribution in [0.4, 0.5) is 0 Å². The summed E-state index contributed by atoms with van der Waals surface area (Å²) in [7, 11) is 0. The zero-order valence-corrected chi connectivity index (χ0v) is 14.5. The number of aryl methyl sites for hydroxylation is 2. The molecule has 0 aliphatic heterocycles. The zero-order valence-electron chi connectivity index (χ0n) is 14.5. The van der Waals surface area contributed by atoms with Gasteiger partial charge in [-0.1, -0.05) is 55.8 Å². The van der Waals surface area contributed by atoms with E-state index in [1.54, 1.807) is 0 Å². The van der Waals surface area contributed by atoms with Crippen LogP contribution in [-0.2, 0) is 17.8 Å². The van der Waals surface area contributed by atoms with E-state index in [4.69, 9.17) is 4.74 Å². The van der Waals surface area contributed by atoms with Gasteiger partial charge in [-0.05, 0) is 48.9 Å². The summed E-state index contributed by atoms with van der Waals surface area (Å²) in [6, 6.07) is 16.2. The largest absolute Gasteiger partial charge is 0.489 e. The predicted molar refractivity (Wildman–Crippen MR) is 96.3 cm³/mol. The molecule has 0 aliphatic rings. The van der Waals surface area contributed by atoms with Crippen LogP contribution in [0.5, 0.6) is 5.75 Å². The van der Waals surface area contributed by atoms with Crippen LogP contribution in [0, 0.1) is 12.8 Å². The van der Waals surface area contributed by atoms with Crippen molar-refractivity contribution in [3.05, 3.63) is 65.2 Å². The first-order valence-corrected chi connectivity index (χ1v) is 8.59. The summed E-state index contributed by atoms with van der Waals surface area (Å²) in [6.45, 7) is 4.59. The van der Waals surface area contributed by atoms with E-state index in [0.29, 0.717) is 13.0 Å². The third-order valence-electron chi connectivity index (χ3n) is 4.26. The van der Waals surface area contributed by atoms with E-state index in [0.717, 1.165) is 41.7 Å². The van der Waals surface area contributed by atoms with Gasteiger partial charge in [0.1, 0.15) is 12.4 Å². The molecule has 0 unspecified atom stereocenters. The molecule has 0 spiro atoms. The first-order valence-electron chi connectivity index (χ1n) is 8.59. The number of hydrogen-bond donors (Lipinski definition) is 1. The van der Waals surface area contributed by atoms with Crippen molar-refractivity contribution in [1.29, 1.82) is 0 Å². The third-order valence-corrected chi connectivity index (χ3v) is 4.26. The number of aliphatic carboxylic acids is 1. The van der Waals surface area contributed by atoms with E-state index in [2.05, 4.69) is 6.07 Å². The quantitative estimate of drug-likeness (QED) is 0.705. The van der Waals surface area contributed by atoms with Gasteiger partial charge in [0.25, 0.3) is 0 Å².